The quantitative estimate of drug-likeness (QED) is 0.677. The van der Waals surface area contributed by atoms with Crippen LogP contribution in [0.4, 0.5) is 0 Å². The van der Waals surface area contributed by atoms with Crippen LogP contribution in [0.25, 0.3) is 6.08 Å². The van der Waals surface area contributed by atoms with Crippen LogP contribution in [0.15, 0.2) is 60.2 Å². The lowest BCUT2D eigenvalue weighted by atomic mass is 9.62. The third-order valence-electron chi connectivity index (χ3n) is 7.76. The van der Waals surface area contributed by atoms with Gasteiger partial charge in [-0.25, -0.2) is 0 Å². The summed E-state index contributed by atoms with van der Waals surface area (Å²) < 4.78 is 13.6. The molecule has 0 aromatic heterocycles. The number of aryl methyl sites for hydroxylation is 1. The highest BCUT2D eigenvalue weighted by Gasteiger charge is 2.77. The average molecular weight is 386 g/mol. The van der Waals surface area contributed by atoms with Crippen LogP contribution in [0.1, 0.15) is 55.7 Å². The molecule has 2 spiro atoms. The SMILES string of the molecule is C[C@]12CCCC[C@@]13O[C@@H](C2=O)[C@]1(O3)/C(=C/c2ccccc2)CCc2ccccc21. The Labute approximate surface area is 171 Å². The van der Waals surface area contributed by atoms with E-state index in [1.165, 1.54) is 11.1 Å². The Hall–Kier alpha value is -2.23. The lowest BCUT2D eigenvalue weighted by Crippen LogP contribution is -2.59. The zero-order valence-electron chi connectivity index (χ0n) is 16.8. The second kappa shape index (κ2) is 5.90. The number of benzene rings is 2. The molecule has 2 saturated heterocycles. The smallest absolute Gasteiger partial charge is 0.183 e. The summed E-state index contributed by atoms with van der Waals surface area (Å²) in [6, 6.07) is 18.8. The number of Topliss-reactive ketones (excluding diaryl/α,β-unsaturated/α-hetero) is 1. The van der Waals surface area contributed by atoms with Crippen molar-refractivity contribution in [3.63, 3.8) is 0 Å². The van der Waals surface area contributed by atoms with Crippen molar-refractivity contribution in [1.29, 1.82) is 0 Å². The van der Waals surface area contributed by atoms with E-state index in [0.717, 1.165) is 49.7 Å². The molecule has 0 unspecified atom stereocenters. The maximum absolute atomic E-state index is 13.8. The average Bonchev–Trinajstić information content (AvgIpc) is 3.20. The van der Waals surface area contributed by atoms with Gasteiger partial charge in [-0.1, -0.05) is 67.1 Å². The van der Waals surface area contributed by atoms with Crippen molar-refractivity contribution in [1.82, 2.24) is 0 Å². The fourth-order valence-electron chi connectivity index (χ4n) is 6.19. The van der Waals surface area contributed by atoms with Crippen molar-refractivity contribution in [2.75, 3.05) is 0 Å². The molecule has 2 heterocycles. The van der Waals surface area contributed by atoms with Gasteiger partial charge >= 0.3 is 0 Å². The largest absolute Gasteiger partial charge is 0.334 e. The van der Waals surface area contributed by atoms with E-state index in [-0.39, 0.29) is 5.78 Å². The fourth-order valence-corrected chi connectivity index (χ4v) is 6.19. The number of carbonyl (C=O) groups excluding carboxylic acids is 1. The van der Waals surface area contributed by atoms with Crippen LogP contribution in [0.2, 0.25) is 0 Å². The molecule has 4 aliphatic rings. The predicted molar refractivity (Wildman–Crippen MR) is 111 cm³/mol. The first-order valence-corrected chi connectivity index (χ1v) is 10.9. The van der Waals surface area contributed by atoms with Gasteiger partial charge in [-0.2, -0.15) is 0 Å². The minimum Gasteiger partial charge on any atom is -0.334 e. The van der Waals surface area contributed by atoms with Gasteiger partial charge in [0, 0.05) is 6.42 Å². The Bertz CT molecular complexity index is 1030. The molecule has 2 aliphatic heterocycles. The monoisotopic (exact) mass is 386 g/mol. The van der Waals surface area contributed by atoms with Crippen LogP contribution in [0, 0.1) is 5.41 Å². The van der Waals surface area contributed by atoms with E-state index in [1.807, 2.05) is 6.07 Å². The second-order valence-electron chi connectivity index (χ2n) is 9.23. The Morgan fingerprint density at radius 1 is 0.966 bits per heavy atom. The van der Waals surface area contributed by atoms with Gasteiger partial charge < -0.3 is 9.47 Å². The van der Waals surface area contributed by atoms with Crippen LogP contribution in [-0.4, -0.2) is 17.7 Å². The van der Waals surface area contributed by atoms with Gasteiger partial charge in [-0.05, 0) is 54.9 Å². The minimum atomic E-state index is -0.793. The summed E-state index contributed by atoms with van der Waals surface area (Å²) in [6.07, 6.45) is 7.29. The van der Waals surface area contributed by atoms with Crippen molar-refractivity contribution >= 4 is 11.9 Å². The Morgan fingerprint density at radius 2 is 1.72 bits per heavy atom. The number of hydrogen-bond donors (Lipinski definition) is 0. The zero-order valence-corrected chi connectivity index (χ0v) is 16.8. The van der Waals surface area contributed by atoms with E-state index in [0.29, 0.717) is 0 Å². The van der Waals surface area contributed by atoms with Crippen molar-refractivity contribution in [2.45, 2.75) is 62.9 Å². The standard InChI is InChI=1S/C26H26O3/c1-24-15-7-8-16-25(24)28-23(22(24)27)26(29-25)20(17-18-9-3-2-4-10-18)14-13-19-11-5-6-12-21(19)26/h2-6,9-12,17,23H,7-8,13-16H2,1H3/b20-17+/t23-,24+,25-,26-/m0/s1. The normalized spacial score (nSPS) is 39.0. The molecule has 3 fully saturated rings. The molecule has 4 atom stereocenters. The molecule has 0 N–H and O–H groups in total. The van der Waals surface area contributed by atoms with E-state index < -0.39 is 22.9 Å². The van der Waals surface area contributed by atoms with E-state index in [9.17, 15) is 4.79 Å². The number of fused-ring (bicyclic) bond motifs is 4. The van der Waals surface area contributed by atoms with E-state index >= 15 is 0 Å². The molecular formula is C26H26O3. The highest BCUT2D eigenvalue weighted by molar-refractivity contribution is 5.95. The maximum Gasteiger partial charge on any atom is 0.183 e. The Morgan fingerprint density at radius 3 is 2.59 bits per heavy atom. The summed E-state index contributed by atoms with van der Waals surface area (Å²) in [7, 11) is 0. The summed E-state index contributed by atoms with van der Waals surface area (Å²) >= 11 is 0. The second-order valence-corrected chi connectivity index (χ2v) is 9.23. The minimum absolute atomic E-state index is 0.235. The fraction of sp³-hybridized carbons (Fsp3) is 0.423. The predicted octanol–water partition coefficient (Wildman–Crippen LogP) is 5.19. The molecule has 6 rings (SSSR count). The Balaban J connectivity index is 1.57. The number of hydrogen-bond acceptors (Lipinski definition) is 3. The molecule has 2 aromatic rings. The van der Waals surface area contributed by atoms with Crippen molar-refractivity contribution in [3.05, 3.63) is 76.9 Å². The molecule has 3 heteroatoms. The van der Waals surface area contributed by atoms with Gasteiger partial charge in [0.15, 0.2) is 23.3 Å². The number of ether oxygens (including phenoxy) is 2. The first kappa shape index (κ1) is 17.6. The maximum atomic E-state index is 13.8. The van der Waals surface area contributed by atoms with Crippen molar-refractivity contribution in [2.24, 2.45) is 5.41 Å². The Kier molecular flexibility index (Phi) is 3.58. The van der Waals surface area contributed by atoms with Gasteiger partial charge in [0.1, 0.15) is 0 Å². The highest BCUT2D eigenvalue weighted by atomic mass is 16.8. The third-order valence-corrected chi connectivity index (χ3v) is 7.76. The van der Waals surface area contributed by atoms with E-state index in [2.05, 4.69) is 61.5 Å². The van der Waals surface area contributed by atoms with Crippen LogP contribution < -0.4 is 0 Å². The molecule has 2 aliphatic carbocycles. The van der Waals surface area contributed by atoms with Crippen LogP contribution in [0.5, 0.6) is 0 Å². The third kappa shape index (κ3) is 2.13. The van der Waals surface area contributed by atoms with Gasteiger partial charge in [0.25, 0.3) is 0 Å². The molecule has 29 heavy (non-hydrogen) atoms. The van der Waals surface area contributed by atoms with Gasteiger partial charge in [-0.15, -0.1) is 0 Å². The lowest BCUT2D eigenvalue weighted by molar-refractivity contribution is -0.249. The topological polar surface area (TPSA) is 35.5 Å². The van der Waals surface area contributed by atoms with Crippen LogP contribution >= 0.6 is 0 Å². The summed E-state index contributed by atoms with van der Waals surface area (Å²) in [5.41, 5.74) is 3.39. The van der Waals surface area contributed by atoms with Crippen LogP contribution in [-0.2, 0) is 26.3 Å². The molecule has 0 amide bonds. The summed E-state index contributed by atoms with van der Waals surface area (Å²) in [4.78, 5) is 13.8. The zero-order chi connectivity index (χ0) is 19.7. The lowest BCUT2D eigenvalue weighted by Gasteiger charge is -2.50. The molecule has 2 bridgehead atoms. The van der Waals surface area contributed by atoms with Gasteiger partial charge in [-0.3, -0.25) is 4.79 Å². The van der Waals surface area contributed by atoms with E-state index in [4.69, 9.17) is 9.47 Å². The summed E-state index contributed by atoms with van der Waals surface area (Å²) in [6.45, 7) is 2.07. The van der Waals surface area contributed by atoms with Crippen molar-refractivity contribution in [3.8, 4) is 0 Å². The molecular weight excluding hydrogens is 360 g/mol. The highest BCUT2D eigenvalue weighted by Crippen LogP contribution is 2.67. The first-order valence-electron chi connectivity index (χ1n) is 10.9. The van der Waals surface area contributed by atoms with Gasteiger partial charge in [0.2, 0.25) is 0 Å². The van der Waals surface area contributed by atoms with Crippen molar-refractivity contribution < 1.29 is 14.3 Å². The number of rotatable bonds is 1. The molecule has 2 aromatic carbocycles. The molecule has 3 nitrogen and oxygen atoms in total. The summed E-state index contributed by atoms with van der Waals surface area (Å²) in [5.74, 6) is -0.549. The molecule has 1 saturated carbocycles. The van der Waals surface area contributed by atoms with E-state index in [1.54, 1.807) is 0 Å². The van der Waals surface area contributed by atoms with Crippen LogP contribution in [0.3, 0.4) is 0 Å². The summed E-state index contributed by atoms with van der Waals surface area (Å²) in [5, 5.41) is 0. The van der Waals surface area contributed by atoms with Gasteiger partial charge in [0.05, 0.1) is 5.41 Å². The molecule has 148 valence electrons. The molecule has 0 radical (unpaired) electrons. The number of ketones is 1. The first-order chi connectivity index (χ1) is 14.1. The number of carbonyl (C=O) groups is 1.